The van der Waals surface area contributed by atoms with E-state index in [-0.39, 0.29) is 11.9 Å². The summed E-state index contributed by atoms with van der Waals surface area (Å²) in [5.74, 6) is 0.546. The Balaban J connectivity index is 1.89. The summed E-state index contributed by atoms with van der Waals surface area (Å²) in [6, 6.07) is 8.60. The van der Waals surface area contributed by atoms with Crippen molar-refractivity contribution in [2.45, 2.75) is 26.3 Å². The number of nitrogens with one attached hydrogen (secondary N) is 2. The zero-order valence-electron chi connectivity index (χ0n) is 12.5. The molecule has 1 unspecified atom stereocenters. The molecule has 0 bridgehead atoms. The Bertz CT molecular complexity index is 520. The third kappa shape index (κ3) is 5.61. The first-order valence-corrected chi connectivity index (χ1v) is 8.97. The molecule has 3 nitrogen and oxygen atoms in total. The maximum Gasteiger partial charge on any atom is 0.233 e. The minimum Gasteiger partial charge on any atom is -0.355 e. The molecule has 2 aromatic heterocycles. The van der Waals surface area contributed by atoms with Gasteiger partial charge in [0.15, 0.2) is 0 Å². The van der Waals surface area contributed by atoms with E-state index in [0.29, 0.717) is 12.5 Å². The number of hydrogen-bond acceptors (Lipinski definition) is 4. The molecule has 0 aliphatic rings. The molecule has 1 atom stereocenters. The van der Waals surface area contributed by atoms with Crippen LogP contribution >= 0.6 is 22.7 Å². The molecule has 5 heteroatoms. The van der Waals surface area contributed by atoms with Crippen molar-refractivity contribution >= 4 is 28.6 Å². The fourth-order valence-corrected chi connectivity index (χ4v) is 3.54. The molecule has 0 saturated heterocycles. The second-order valence-corrected chi connectivity index (χ2v) is 7.44. The first kappa shape index (κ1) is 16.2. The summed E-state index contributed by atoms with van der Waals surface area (Å²) in [4.78, 5) is 14.5. The van der Waals surface area contributed by atoms with Crippen molar-refractivity contribution < 1.29 is 4.79 Å². The third-order valence-corrected chi connectivity index (χ3v) is 4.97. The maximum absolute atomic E-state index is 11.9. The zero-order valence-corrected chi connectivity index (χ0v) is 14.1. The summed E-state index contributed by atoms with van der Waals surface area (Å²) >= 11 is 3.49. The number of hydrogen-bond donors (Lipinski definition) is 2. The van der Waals surface area contributed by atoms with E-state index in [1.54, 1.807) is 22.7 Å². The van der Waals surface area contributed by atoms with Gasteiger partial charge in [-0.15, -0.1) is 22.7 Å². The Hall–Kier alpha value is -1.17. The molecule has 0 saturated carbocycles. The minimum atomic E-state index is 0.0661. The monoisotopic (exact) mass is 322 g/mol. The van der Waals surface area contributed by atoms with Gasteiger partial charge in [0, 0.05) is 28.8 Å². The van der Waals surface area contributed by atoms with Crippen LogP contribution in [-0.2, 0) is 11.2 Å². The normalized spacial score (nSPS) is 12.5. The first-order chi connectivity index (χ1) is 10.1. The summed E-state index contributed by atoms with van der Waals surface area (Å²) in [6.07, 6.45) is 0.926. The molecule has 0 spiro atoms. The van der Waals surface area contributed by atoms with E-state index in [4.69, 9.17) is 0 Å². The van der Waals surface area contributed by atoms with E-state index in [1.807, 2.05) is 0 Å². The van der Waals surface area contributed by atoms with E-state index in [0.717, 1.165) is 13.0 Å². The van der Waals surface area contributed by atoms with E-state index in [9.17, 15) is 4.79 Å². The van der Waals surface area contributed by atoms with Crippen LogP contribution < -0.4 is 10.6 Å². The minimum absolute atomic E-state index is 0.0661. The van der Waals surface area contributed by atoms with Crippen molar-refractivity contribution in [3.05, 3.63) is 44.8 Å². The molecule has 114 valence electrons. The lowest BCUT2D eigenvalue weighted by molar-refractivity contribution is -0.120. The summed E-state index contributed by atoms with van der Waals surface area (Å²) in [5.41, 5.74) is 0. The topological polar surface area (TPSA) is 41.1 Å². The van der Waals surface area contributed by atoms with E-state index in [2.05, 4.69) is 59.5 Å². The van der Waals surface area contributed by atoms with Crippen LogP contribution in [0.15, 0.2) is 35.0 Å². The van der Waals surface area contributed by atoms with Crippen LogP contribution in [-0.4, -0.2) is 19.0 Å². The second-order valence-electron chi connectivity index (χ2n) is 5.43. The average Bonchev–Trinajstić information content (AvgIpc) is 3.13. The zero-order chi connectivity index (χ0) is 15.1. The Morgan fingerprint density at radius 1 is 1.19 bits per heavy atom. The van der Waals surface area contributed by atoms with E-state index in [1.165, 1.54) is 9.75 Å². The molecule has 2 heterocycles. The van der Waals surface area contributed by atoms with Crippen molar-refractivity contribution in [1.29, 1.82) is 0 Å². The van der Waals surface area contributed by atoms with Crippen LogP contribution in [0.2, 0.25) is 0 Å². The molecule has 0 radical (unpaired) electrons. The Kier molecular flexibility index (Phi) is 6.42. The largest absolute Gasteiger partial charge is 0.355 e. The lowest BCUT2D eigenvalue weighted by atomic mass is 10.1. The van der Waals surface area contributed by atoms with Crippen molar-refractivity contribution in [2.75, 3.05) is 13.1 Å². The van der Waals surface area contributed by atoms with Crippen LogP contribution in [0, 0.1) is 5.92 Å². The van der Waals surface area contributed by atoms with Gasteiger partial charge in [-0.1, -0.05) is 26.0 Å². The molecule has 21 heavy (non-hydrogen) atoms. The van der Waals surface area contributed by atoms with Gasteiger partial charge in [-0.25, -0.2) is 0 Å². The van der Waals surface area contributed by atoms with Gasteiger partial charge < -0.3 is 10.6 Å². The fraction of sp³-hybridized carbons (Fsp3) is 0.438. The number of carbonyl (C=O) groups excluding carboxylic acids is 1. The van der Waals surface area contributed by atoms with Gasteiger partial charge in [-0.2, -0.15) is 0 Å². The van der Waals surface area contributed by atoms with Gasteiger partial charge >= 0.3 is 0 Å². The Morgan fingerprint density at radius 3 is 2.57 bits per heavy atom. The van der Waals surface area contributed by atoms with Crippen LogP contribution in [0.4, 0.5) is 0 Å². The van der Waals surface area contributed by atoms with Gasteiger partial charge in [0.1, 0.15) is 0 Å². The lowest BCUT2D eigenvalue weighted by Gasteiger charge is -2.17. The van der Waals surface area contributed by atoms with Gasteiger partial charge in [0.2, 0.25) is 5.91 Å². The SMILES string of the molecule is CC(C)CNC(=O)CNC(Cc1cccs1)c1cccs1. The van der Waals surface area contributed by atoms with Gasteiger partial charge in [-0.05, 0) is 28.8 Å². The van der Waals surface area contributed by atoms with Crippen LogP contribution in [0.25, 0.3) is 0 Å². The summed E-state index contributed by atoms with van der Waals surface area (Å²) < 4.78 is 0. The van der Waals surface area contributed by atoms with E-state index >= 15 is 0 Å². The highest BCUT2D eigenvalue weighted by Gasteiger charge is 2.15. The van der Waals surface area contributed by atoms with Crippen molar-refractivity contribution in [1.82, 2.24) is 10.6 Å². The van der Waals surface area contributed by atoms with Crippen LogP contribution in [0.1, 0.15) is 29.6 Å². The van der Waals surface area contributed by atoms with Gasteiger partial charge in [-0.3, -0.25) is 4.79 Å². The predicted molar refractivity (Wildman–Crippen MR) is 90.9 cm³/mol. The molecule has 1 amide bonds. The van der Waals surface area contributed by atoms with Crippen molar-refractivity contribution in [2.24, 2.45) is 5.92 Å². The van der Waals surface area contributed by atoms with Crippen LogP contribution in [0.5, 0.6) is 0 Å². The Morgan fingerprint density at radius 2 is 1.95 bits per heavy atom. The molecule has 0 aromatic carbocycles. The molecule has 0 aliphatic heterocycles. The quantitative estimate of drug-likeness (QED) is 0.781. The van der Waals surface area contributed by atoms with Crippen LogP contribution in [0.3, 0.4) is 0 Å². The predicted octanol–water partition coefficient (Wildman–Crippen LogP) is 3.46. The van der Waals surface area contributed by atoms with Gasteiger partial charge in [0.25, 0.3) is 0 Å². The fourth-order valence-electron chi connectivity index (χ4n) is 1.99. The molecule has 2 rings (SSSR count). The van der Waals surface area contributed by atoms with E-state index < -0.39 is 0 Å². The second kappa shape index (κ2) is 8.32. The lowest BCUT2D eigenvalue weighted by Crippen LogP contribution is -2.37. The number of rotatable bonds is 8. The molecular formula is C16H22N2OS2. The summed E-state index contributed by atoms with van der Waals surface area (Å²) in [6.45, 7) is 5.29. The first-order valence-electron chi connectivity index (χ1n) is 7.21. The standard InChI is InChI=1S/C16H22N2OS2/c1-12(2)10-18-16(19)11-17-14(15-6-4-8-21-15)9-13-5-3-7-20-13/h3-8,12,14,17H,9-11H2,1-2H3,(H,18,19). The van der Waals surface area contributed by atoms with Gasteiger partial charge in [0.05, 0.1) is 6.54 Å². The van der Waals surface area contributed by atoms with Crippen molar-refractivity contribution in [3.8, 4) is 0 Å². The Labute approximate surface area is 134 Å². The smallest absolute Gasteiger partial charge is 0.233 e. The molecule has 2 N–H and O–H groups in total. The number of amides is 1. The highest BCUT2D eigenvalue weighted by atomic mass is 32.1. The molecule has 2 aromatic rings. The molecule has 0 aliphatic carbocycles. The highest BCUT2D eigenvalue weighted by Crippen LogP contribution is 2.24. The number of thiophene rings is 2. The molecular weight excluding hydrogens is 300 g/mol. The maximum atomic E-state index is 11.9. The summed E-state index contributed by atoms with van der Waals surface area (Å²) in [7, 11) is 0. The highest BCUT2D eigenvalue weighted by molar-refractivity contribution is 7.10. The summed E-state index contributed by atoms with van der Waals surface area (Å²) in [5, 5.41) is 10.5. The molecule has 0 fully saturated rings. The van der Waals surface area contributed by atoms with Crippen molar-refractivity contribution in [3.63, 3.8) is 0 Å². The average molecular weight is 322 g/mol. The number of carbonyl (C=O) groups is 1. The third-order valence-electron chi connectivity index (χ3n) is 3.09.